The highest BCUT2D eigenvalue weighted by atomic mass is 35.5. The normalized spacial score (nSPS) is 13.0. The number of anilines is 2. The van der Waals surface area contributed by atoms with E-state index in [0.717, 1.165) is 29.2 Å². The SMILES string of the molecule is COc1cc(N2CCc3nc(NC(=O)NCCC(=O)O)sc3C2)cnc1Cl. The first-order valence-electron chi connectivity index (χ1n) is 8.16. The van der Waals surface area contributed by atoms with E-state index < -0.39 is 12.0 Å². The van der Waals surface area contributed by atoms with Gasteiger partial charge < -0.3 is 20.1 Å². The van der Waals surface area contributed by atoms with Gasteiger partial charge in [-0.1, -0.05) is 22.9 Å². The summed E-state index contributed by atoms with van der Waals surface area (Å²) in [5, 5.41) is 14.5. The van der Waals surface area contributed by atoms with Gasteiger partial charge in [0.15, 0.2) is 16.0 Å². The molecule has 9 nitrogen and oxygen atoms in total. The minimum atomic E-state index is -0.964. The summed E-state index contributed by atoms with van der Waals surface area (Å²) >= 11 is 7.38. The molecule has 144 valence electrons. The number of rotatable bonds is 6. The number of aliphatic carboxylic acids is 1. The molecule has 0 saturated heterocycles. The Morgan fingerprint density at radius 2 is 2.30 bits per heavy atom. The number of methoxy groups -OCH3 is 1. The number of halogens is 1. The quantitative estimate of drug-likeness (QED) is 0.624. The van der Waals surface area contributed by atoms with Crippen molar-refractivity contribution in [3.63, 3.8) is 0 Å². The second-order valence-corrected chi connectivity index (χ2v) is 7.21. The van der Waals surface area contributed by atoms with Crippen molar-refractivity contribution >= 4 is 45.8 Å². The molecule has 1 aliphatic rings. The van der Waals surface area contributed by atoms with E-state index in [9.17, 15) is 9.59 Å². The highest BCUT2D eigenvalue weighted by molar-refractivity contribution is 7.15. The molecule has 2 amide bonds. The Kier molecular flexibility index (Phi) is 5.97. The number of nitrogens with one attached hydrogen (secondary N) is 2. The fourth-order valence-corrected chi connectivity index (χ4v) is 3.83. The van der Waals surface area contributed by atoms with Crippen molar-refractivity contribution in [1.29, 1.82) is 0 Å². The predicted molar refractivity (Wildman–Crippen MR) is 102 cm³/mol. The minimum Gasteiger partial charge on any atom is -0.493 e. The van der Waals surface area contributed by atoms with Crippen LogP contribution in [0.15, 0.2) is 12.3 Å². The number of aromatic nitrogens is 2. The minimum absolute atomic E-state index is 0.0609. The summed E-state index contributed by atoms with van der Waals surface area (Å²) in [5.41, 5.74) is 1.85. The Morgan fingerprint density at radius 1 is 1.48 bits per heavy atom. The van der Waals surface area contributed by atoms with Crippen molar-refractivity contribution in [3.8, 4) is 5.75 Å². The van der Waals surface area contributed by atoms with Gasteiger partial charge in [0.25, 0.3) is 0 Å². The average Bonchev–Trinajstić information content (AvgIpc) is 3.03. The number of urea groups is 1. The molecule has 0 aromatic carbocycles. The summed E-state index contributed by atoms with van der Waals surface area (Å²) in [7, 11) is 1.55. The number of pyridine rings is 1. The summed E-state index contributed by atoms with van der Waals surface area (Å²) < 4.78 is 5.22. The summed E-state index contributed by atoms with van der Waals surface area (Å²) in [6, 6.07) is 1.38. The summed E-state index contributed by atoms with van der Waals surface area (Å²) in [4.78, 5) is 34.1. The van der Waals surface area contributed by atoms with E-state index >= 15 is 0 Å². The third-order valence-electron chi connectivity index (χ3n) is 3.95. The Hall–Kier alpha value is -2.59. The number of carbonyl (C=O) groups excluding carboxylic acids is 1. The van der Waals surface area contributed by atoms with Crippen LogP contribution >= 0.6 is 22.9 Å². The number of hydrogen-bond donors (Lipinski definition) is 3. The van der Waals surface area contributed by atoms with Gasteiger partial charge in [-0.15, -0.1) is 0 Å². The van der Waals surface area contributed by atoms with Crippen LogP contribution in [0.4, 0.5) is 15.6 Å². The molecular formula is C16H18ClN5O4S. The van der Waals surface area contributed by atoms with E-state index in [1.54, 1.807) is 13.3 Å². The number of ether oxygens (including phenoxy) is 1. The molecule has 2 aromatic rings. The Bertz CT molecular complexity index is 859. The van der Waals surface area contributed by atoms with Gasteiger partial charge in [-0.05, 0) is 0 Å². The molecule has 0 bridgehead atoms. The molecular weight excluding hydrogens is 394 g/mol. The maximum atomic E-state index is 11.8. The van der Waals surface area contributed by atoms with Crippen LogP contribution in [0.3, 0.4) is 0 Å². The molecule has 11 heteroatoms. The zero-order valence-corrected chi connectivity index (χ0v) is 16.1. The van der Waals surface area contributed by atoms with E-state index in [1.165, 1.54) is 11.3 Å². The van der Waals surface area contributed by atoms with Crippen LogP contribution in [0.5, 0.6) is 5.75 Å². The molecule has 0 radical (unpaired) electrons. The van der Waals surface area contributed by atoms with Gasteiger partial charge in [0.1, 0.15) is 0 Å². The lowest BCUT2D eigenvalue weighted by Crippen LogP contribution is -2.30. The number of carbonyl (C=O) groups is 2. The van der Waals surface area contributed by atoms with Crippen molar-refractivity contribution in [1.82, 2.24) is 15.3 Å². The van der Waals surface area contributed by atoms with Gasteiger partial charge in [-0.2, -0.15) is 0 Å². The van der Waals surface area contributed by atoms with E-state index in [-0.39, 0.29) is 13.0 Å². The Labute approximate surface area is 164 Å². The standard InChI is InChI=1S/C16H18ClN5O4S/c1-26-11-6-9(7-19-14(11)17)22-5-3-10-12(8-22)27-16(20-10)21-15(25)18-4-2-13(23)24/h6-7H,2-5,8H2,1H3,(H,23,24)(H2,18,20,21,25). The van der Waals surface area contributed by atoms with Crippen molar-refractivity contribution in [3.05, 3.63) is 28.0 Å². The zero-order valence-electron chi connectivity index (χ0n) is 14.5. The molecule has 0 aliphatic carbocycles. The van der Waals surface area contributed by atoms with E-state index in [0.29, 0.717) is 22.6 Å². The van der Waals surface area contributed by atoms with Crippen molar-refractivity contribution in [2.45, 2.75) is 19.4 Å². The first-order chi connectivity index (χ1) is 13.0. The smallest absolute Gasteiger partial charge is 0.321 e. The molecule has 0 saturated carbocycles. The third-order valence-corrected chi connectivity index (χ3v) is 5.24. The maximum Gasteiger partial charge on any atom is 0.321 e. The summed E-state index contributed by atoms with van der Waals surface area (Å²) in [6.45, 7) is 1.46. The van der Waals surface area contributed by atoms with Crippen LogP contribution < -0.4 is 20.3 Å². The van der Waals surface area contributed by atoms with Crippen LogP contribution in [0.2, 0.25) is 5.15 Å². The Morgan fingerprint density at radius 3 is 3.04 bits per heavy atom. The zero-order chi connectivity index (χ0) is 19.4. The number of carboxylic acid groups (broad SMARTS) is 1. The molecule has 0 unspecified atom stereocenters. The predicted octanol–water partition coefficient (Wildman–Crippen LogP) is 2.36. The lowest BCUT2D eigenvalue weighted by atomic mass is 10.1. The van der Waals surface area contributed by atoms with E-state index in [1.807, 2.05) is 6.07 Å². The first-order valence-corrected chi connectivity index (χ1v) is 9.35. The number of amides is 2. The second kappa shape index (κ2) is 8.40. The largest absolute Gasteiger partial charge is 0.493 e. The lowest BCUT2D eigenvalue weighted by Gasteiger charge is -2.28. The van der Waals surface area contributed by atoms with Crippen molar-refractivity contribution in [2.24, 2.45) is 0 Å². The lowest BCUT2D eigenvalue weighted by molar-refractivity contribution is -0.136. The van der Waals surface area contributed by atoms with Crippen LogP contribution in [0.25, 0.3) is 0 Å². The number of thiazole rings is 1. The first kappa shape index (κ1) is 19.2. The van der Waals surface area contributed by atoms with Gasteiger partial charge in [0.2, 0.25) is 0 Å². The monoisotopic (exact) mass is 411 g/mol. The molecule has 2 aromatic heterocycles. The fourth-order valence-electron chi connectivity index (χ4n) is 2.63. The average molecular weight is 412 g/mol. The van der Waals surface area contributed by atoms with Gasteiger partial charge in [0.05, 0.1) is 37.7 Å². The summed E-state index contributed by atoms with van der Waals surface area (Å²) in [6.07, 6.45) is 2.31. The molecule has 3 rings (SSSR count). The topological polar surface area (TPSA) is 117 Å². The second-order valence-electron chi connectivity index (χ2n) is 5.77. The van der Waals surface area contributed by atoms with Gasteiger partial charge >= 0.3 is 12.0 Å². The highest BCUT2D eigenvalue weighted by Gasteiger charge is 2.22. The van der Waals surface area contributed by atoms with Gasteiger partial charge in [-0.3, -0.25) is 10.1 Å². The van der Waals surface area contributed by atoms with Crippen molar-refractivity contribution < 1.29 is 19.4 Å². The fraction of sp³-hybridized carbons (Fsp3) is 0.375. The van der Waals surface area contributed by atoms with E-state index in [2.05, 4.69) is 25.5 Å². The number of nitrogens with zero attached hydrogens (tertiary/aromatic N) is 3. The number of hydrogen-bond acceptors (Lipinski definition) is 7. The number of carboxylic acids is 1. The highest BCUT2D eigenvalue weighted by Crippen LogP contribution is 2.33. The summed E-state index contributed by atoms with van der Waals surface area (Å²) in [5.74, 6) is -0.446. The molecule has 0 atom stereocenters. The molecule has 0 fully saturated rings. The van der Waals surface area contributed by atoms with Crippen LogP contribution in [0, 0.1) is 0 Å². The molecule has 0 spiro atoms. The van der Waals surface area contributed by atoms with Gasteiger partial charge in [-0.25, -0.2) is 14.8 Å². The van der Waals surface area contributed by atoms with Crippen LogP contribution in [0.1, 0.15) is 17.0 Å². The van der Waals surface area contributed by atoms with E-state index in [4.69, 9.17) is 21.4 Å². The molecule has 27 heavy (non-hydrogen) atoms. The molecule has 1 aliphatic heterocycles. The maximum absolute atomic E-state index is 11.8. The molecule has 3 heterocycles. The van der Waals surface area contributed by atoms with Crippen LogP contribution in [-0.4, -0.2) is 47.3 Å². The third kappa shape index (κ3) is 4.77. The van der Waals surface area contributed by atoms with Gasteiger partial charge in [0, 0.05) is 30.5 Å². The molecule has 3 N–H and O–H groups in total. The van der Waals surface area contributed by atoms with Crippen LogP contribution in [-0.2, 0) is 17.8 Å². The Balaban J connectivity index is 1.63. The van der Waals surface area contributed by atoms with Crippen molar-refractivity contribution in [2.75, 3.05) is 30.4 Å². The number of fused-ring (bicyclic) bond motifs is 1.